The Morgan fingerprint density at radius 3 is 2.50 bits per heavy atom. The summed E-state index contributed by atoms with van der Waals surface area (Å²) in [5.74, 6) is -1.48. The van der Waals surface area contributed by atoms with Crippen LogP contribution >= 0.6 is 0 Å². The number of carbonyl (C=O) groups excluding carboxylic acids is 1. The summed E-state index contributed by atoms with van der Waals surface area (Å²) in [6.45, 7) is 5.85. The highest BCUT2D eigenvalue weighted by Gasteiger charge is 2.28. The molecule has 1 aromatic heterocycles. The highest BCUT2D eigenvalue weighted by Crippen LogP contribution is 2.36. The number of nitrogens with zero attached hydrogens (tertiary/aromatic N) is 2. The average molecular weight is 571 g/mol. The third kappa shape index (κ3) is 6.35. The lowest BCUT2D eigenvalue weighted by Crippen LogP contribution is -2.28. The third-order valence-corrected chi connectivity index (χ3v) is 8.33. The standard InChI is InChI=1S/C28H34N4O7S/c1-17-9-11-22(18(2)15-17)32-27(19(3)25(31-32)28(34)35)39-23-12-10-21(30-26(33)20-7-5-8-20)16-24(23)40(36,37)29-13-6-14-38-4/h9-12,15-16,20,29H,5-8,13-14H2,1-4H3,(H,30,33)(H,34,35). The molecule has 40 heavy (non-hydrogen) atoms. The smallest absolute Gasteiger partial charge is 0.356 e. The van der Waals surface area contributed by atoms with Gasteiger partial charge in [0.2, 0.25) is 21.8 Å². The Bertz CT molecular complexity index is 1530. The number of ether oxygens (including phenoxy) is 2. The van der Waals surface area contributed by atoms with Crippen molar-refractivity contribution in [1.82, 2.24) is 14.5 Å². The van der Waals surface area contributed by atoms with Gasteiger partial charge in [-0.15, -0.1) is 0 Å². The number of rotatable bonds is 12. The number of hydrogen-bond acceptors (Lipinski definition) is 7. The molecule has 4 rings (SSSR count). The molecule has 0 bridgehead atoms. The molecule has 2 aromatic carbocycles. The molecular weight excluding hydrogens is 536 g/mol. The van der Waals surface area contributed by atoms with Crippen molar-refractivity contribution in [2.45, 2.75) is 51.3 Å². The van der Waals surface area contributed by atoms with Gasteiger partial charge in [0.25, 0.3) is 0 Å². The largest absolute Gasteiger partial charge is 0.476 e. The molecule has 1 aliphatic rings. The van der Waals surface area contributed by atoms with Gasteiger partial charge < -0.3 is 19.9 Å². The minimum atomic E-state index is -4.10. The van der Waals surface area contributed by atoms with E-state index < -0.39 is 16.0 Å². The van der Waals surface area contributed by atoms with Crippen molar-refractivity contribution in [3.05, 3.63) is 58.8 Å². The molecule has 3 N–H and O–H groups in total. The maximum absolute atomic E-state index is 13.4. The number of carboxylic acid groups (broad SMARTS) is 1. The van der Waals surface area contributed by atoms with Gasteiger partial charge in [-0.3, -0.25) is 4.79 Å². The summed E-state index contributed by atoms with van der Waals surface area (Å²) in [7, 11) is -2.57. The second-order valence-electron chi connectivity index (χ2n) is 9.91. The summed E-state index contributed by atoms with van der Waals surface area (Å²) in [4.78, 5) is 24.3. The summed E-state index contributed by atoms with van der Waals surface area (Å²) in [5, 5.41) is 16.8. The first-order chi connectivity index (χ1) is 19.0. The molecule has 214 valence electrons. The van der Waals surface area contributed by atoms with E-state index in [2.05, 4.69) is 15.1 Å². The van der Waals surface area contributed by atoms with Gasteiger partial charge in [-0.25, -0.2) is 17.9 Å². The van der Waals surface area contributed by atoms with Crippen LogP contribution in [0, 0.1) is 26.7 Å². The zero-order valence-electron chi connectivity index (χ0n) is 23.0. The average Bonchev–Trinajstić information content (AvgIpc) is 3.17. The Balaban J connectivity index is 1.78. The first kappa shape index (κ1) is 29.2. The first-order valence-corrected chi connectivity index (χ1v) is 14.5. The minimum Gasteiger partial charge on any atom is -0.476 e. The molecule has 1 amide bonds. The molecule has 0 saturated heterocycles. The number of hydrogen-bond donors (Lipinski definition) is 3. The van der Waals surface area contributed by atoms with E-state index in [1.54, 1.807) is 19.1 Å². The van der Waals surface area contributed by atoms with Crippen LogP contribution in [-0.2, 0) is 19.6 Å². The van der Waals surface area contributed by atoms with Crippen LogP contribution in [0.2, 0.25) is 0 Å². The van der Waals surface area contributed by atoms with Gasteiger partial charge in [-0.1, -0.05) is 24.1 Å². The Morgan fingerprint density at radius 2 is 1.88 bits per heavy atom. The molecule has 0 spiro atoms. The summed E-state index contributed by atoms with van der Waals surface area (Å²) in [5.41, 5.74) is 2.74. The van der Waals surface area contributed by atoms with Gasteiger partial charge in [0.05, 0.1) is 5.69 Å². The lowest BCUT2D eigenvalue weighted by Gasteiger charge is -2.24. The van der Waals surface area contributed by atoms with Crippen LogP contribution in [0.25, 0.3) is 5.69 Å². The van der Waals surface area contributed by atoms with Crippen molar-refractivity contribution in [3.8, 4) is 17.3 Å². The number of carbonyl (C=O) groups is 2. The lowest BCUT2D eigenvalue weighted by atomic mass is 9.85. The number of aryl methyl sites for hydroxylation is 2. The lowest BCUT2D eigenvalue weighted by molar-refractivity contribution is -0.122. The zero-order valence-corrected chi connectivity index (χ0v) is 23.8. The fraction of sp³-hybridized carbons (Fsp3) is 0.393. The van der Waals surface area contributed by atoms with E-state index in [0.29, 0.717) is 24.4 Å². The summed E-state index contributed by atoms with van der Waals surface area (Å²) >= 11 is 0. The van der Waals surface area contributed by atoms with E-state index >= 15 is 0 Å². The first-order valence-electron chi connectivity index (χ1n) is 13.0. The van der Waals surface area contributed by atoms with Crippen molar-refractivity contribution >= 4 is 27.6 Å². The SMILES string of the molecule is COCCCNS(=O)(=O)c1cc(NC(=O)C2CCC2)ccc1Oc1c(C)c(C(=O)O)nn1-c1ccc(C)cc1C. The van der Waals surface area contributed by atoms with Crippen molar-refractivity contribution < 1.29 is 32.6 Å². The van der Waals surface area contributed by atoms with E-state index in [9.17, 15) is 23.1 Å². The Kier molecular flexibility index (Phi) is 8.92. The molecule has 3 aromatic rings. The fourth-order valence-corrected chi connectivity index (χ4v) is 5.63. The van der Waals surface area contributed by atoms with Gasteiger partial charge in [0.15, 0.2) is 5.69 Å². The number of sulfonamides is 1. The van der Waals surface area contributed by atoms with E-state index in [4.69, 9.17) is 9.47 Å². The Labute approximate surface area is 233 Å². The predicted octanol–water partition coefficient (Wildman–Crippen LogP) is 4.34. The minimum absolute atomic E-state index is 0.0492. The Morgan fingerprint density at radius 1 is 1.12 bits per heavy atom. The molecule has 1 saturated carbocycles. The molecule has 12 heteroatoms. The molecule has 0 aliphatic heterocycles. The summed E-state index contributed by atoms with van der Waals surface area (Å²) in [6.07, 6.45) is 3.03. The second-order valence-corrected chi connectivity index (χ2v) is 11.6. The summed E-state index contributed by atoms with van der Waals surface area (Å²) < 4.78 is 42.0. The van der Waals surface area contributed by atoms with Crippen LogP contribution in [0.3, 0.4) is 0 Å². The topological polar surface area (TPSA) is 149 Å². The molecule has 0 atom stereocenters. The summed E-state index contributed by atoms with van der Waals surface area (Å²) in [6, 6.07) is 9.93. The second kappa shape index (κ2) is 12.2. The van der Waals surface area contributed by atoms with Gasteiger partial charge in [0.1, 0.15) is 10.6 Å². The normalized spacial score (nSPS) is 13.6. The van der Waals surface area contributed by atoms with Gasteiger partial charge in [-0.2, -0.15) is 9.78 Å². The van der Waals surface area contributed by atoms with E-state index in [1.165, 1.54) is 23.9 Å². The Hall–Kier alpha value is -3.74. The van der Waals surface area contributed by atoms with Crippen molar-refractivity contribution in [3.63, 3.8) is 0 Å². The molecule has 11 nitrogen and oxygen atoms in total. The van der Waals surface area contributed by atoms with Crippen LogP contribution < -0.4 is 14.8 Å². The fourth-order valence-electron chi connectivity index (χ4n) is 4.41. The number of benzene rings is 2. The van der Waals surface area contributed by atoms with Crippen molar-refractivity contribution in [1.29, 1.82) is 0 Å². The predicted molar refractivity (Wildman–Crippen MR) is 149 cm³/mol. The monoisotopic (exact) mass is 570 g/mol. The number of aromatic nitrogens is 2. The number of aromatic carboxylic acids is 1. The number of methoxy groups -OCH3 is 1. The van der Waals surface area contributed by atoms with E-state index in [-0.39, 0.29) is 46.2 Å². The van der Waals surface area contributed by atoms with Crippen molar-refractivity contribution in [2.24, 2.45) is 5.92 Å². The highest BCUT2D eigenvalue weighted by molar-refractivity contribution is 7.89. The number of anilines is 1. The van der Waals surface area contributed by atoms with E-state index in [1.807, 2.05) is 26.0 Å². The molecule has 1 heterocycles. The number of nitrogens with one attached hydrogen (secondary N) is 2. The molecular formula is C28H34N4O7S. The van der Waals surface area contributed by atoms with Crippen LogP contribution in [0.1, 0.15) is 52.9 Å². The van der Waals surface area contributed by atoms with Crippen molar-refractivity contribution in [2.75, 3.05) is 25.6 Å². The zero-order chi connectivity index (χ0) is 29.0. The van der Waals surface area contributed by atoms with Gasteiger partial charge >= 0.3 is 5.97 Å². The number of carboxylic acids is 1. The maximum Gasteiger partial charge on any atom is 0.356 e. The van der Waals surface area contributed by atoms with E-state index in [0.717, 1.165) is 30.4 Å². The van der Waals surface area contributed by atoms with Gasteiger partial charge in [-0.05, 0) is 69.9 Å². The molecule has 0 radical (unpaired) electrons. The van der Waals surface area contributed by atoms with Crippen LogP contribution in [-0.4, -0.2) is 55.4 Å². The molecule has 1 aliphatic carbocycles. The van der Waals surface area contributed by atoms with Crippen LogP contribution in [0.4, 0.5) is 5.69 Å². The van der Waals surface area contributed by atoms with Crippen LogP contribution in [0.15, 0.2) is 41.3 Å². The maximum atomic E-state index is 13.4. The number of amides is 1. The third-order valence-electron chi connectivity index (χ3n) is 6.85. The van der Waals surface area contributed by atoms with Gasteiger partial charge in [0, 0.05) is 37.4 Å². The quantitative estimate of drug-likeness (QED) is 0.272. The van der Waals surface area contributed by atoms with Crippen LogP contribution in [0.5, 0.6) is 11.6 Å². The highest BCUT2D eigenvalue weighted by atomic mass is 32.2. The molecule has 0 unspecified atom stereocenters. The molecule has 1 fully saturated rings.